The average Bonchev–Trinajstić information content (AvgIpc) is 2.30. The molecule has 74 valence electrons. The number of aromatic nitrogens is 1. The van der Waals surface area contributed by atoms with Gasteiger partial charge >= 0.3 is 0 Å². The Labute approximate surface area is 86.4 Å². The normalized spacial score (nSPS) is 9.93. The van der Waals surface area contributed by atoms with Gasteiger partial charge in [0.1, 0.15) is 0 Å². The lowest BCUT2D eigenvalue weighted by molar-refractivity contribution is 0.112. The fourth-order valence-corrected chi connectivity index (χ4v) is 1.40. The van der Waals surface area contributed by atoms with Gasteiger partial charge < -0.3 is 0 Å². The Morgan fingerprint density at radius 1 is 1.20 bits per heavy atom. The quantitative estimate of drug-likeness (QED) is 0.552. The maximum Gasteiger partial charge on any atom is 0.213 e. The lowest BCUT2D eigenvalue weighted by atomic mass is 10.0. The van der Waals surface area contributed by atoms with Crippen molar-refractivity contribution in [2.24, 2.45) is 0 Å². The number of benzene rings is 1. The molecule has 0 saturated carbocycles. The van der Waals surface area contributed by atoms with E-state index in [9.17, 15) is 9.18 Å². The lowest BCUT2D eigenvalue weighted by Gasteiger charge is -2.03. The number of rotatable bonds is 2. The van der Waals surface area contributed by atoms with E-state index in [-0.39, 0.29) is 0 Å². The molecule has 1 aromatic heterocycles. The van der Waals surface area contributed by atoms with E-state index in [2.05, 4.69) is 4.98 Å². The summed E-state index contributed by atoms with van der Waals surface area (Å²) in [6.07, 6.45) is 2.00. The number of pyridine rings is 1. The van der Waals surface area contributed by atoms with Crippen LogP contribution in [-0.4, -0.2) is 11.3 Å². The molecule has 1 aromatic carbocycles. The minimum atomic E-state index is -0.642. The molecule has 0 radical (unpaired) electrons. The zero-order chi connectivity index (χ0) is 10.7. The maximum absolute atomic E-state index is 12.8. The molecule has 0 bridgehead atoms. The predicted octanol–water partition coefficient (Wildman–Crippen LogP) is 2.70. The maximum atomic E-state index is 12.8. The first-order valence-electron chi connectivity index (χ1n) is 4.47. The van der Waals surface area contributed by atoms with E-state index in [1.807, 2.05) is 30.3 Å². The van der Waals surface area contributed by atoms with Crippen LogP contribution in [0.5, 0.6) is 0 Å². The van der Waals surface area contributed by atoms with Crippen molar-refractivity contribution in [3.8, 4) is 11.1 Å². The first kappa shape index (κ1) is 9.52. The van der Waals surface area contributed by atoms with E-state index in [1.165, 1.54) is 6.20 Å². The molecular formula is C12H8FNO. The van der Waals surface area contributed by atoms with Gasteiger partial charge in [-0.3, -0.25) is 4.79 Å². The minimum Gasteiger partial charge on any atom is -0.298 e. The molecule has 0 atom stereocenters. The SMILES string of the molecule is O=Cc1cc(F)ncc1-c1ccccc1. The molecule has 0 fully saturated rings. The predicted molar refractivity (Wildman–Crippen MR) is 55.0 cm³/mol. The van der Waals surface area contributed by atoms with E-state index in [0.29, 0.717) is 17.4 Å². The van der Waals surface area contributed by atoms with Crippen LogP contribution in [0.2, 0.25) is 0 Å². The van der Waals surface area contributed by atoms with E-state index < -0.39 is 5.95 Å². The van der Waals surface area contributed by atoms with E-state index in [1.54, 1.807) is 0 Å². The fourth-order valence-electron chi connectivity index (χ4n) is 1.40. The zero-order valence-electron chi connectivity index (χ0n) is 7.85. The summed E-state index contributed by atoms with van der Waals surface area (Å²) in [4.78, 5) is 14.3. The molecule has 15 heavy (non-hydrogen) atoms. The van der Waals surface area contributed by atoms with Gasteiger partial charge in [-0.1, -0.05) is 30.3 Å². The smallest absolute Gasteiger partial charge is 0.213 e. The Morgan fingerprint density at radius 3 is 2.60 bits per heavy atom. The fraction of sp³-hybridized carbons (Fsp3) is 0. The van der Waals surface area contributed by atoms with Gasteiger partial charge in [-0.2, -0.15) is 4.39 Å². The third-order valence-electron chi connectivity index (χ3n) is 2.11. The summed E-state index contributed by atoms with van der Waals surface area (Å²) in [6.45, 7) is 0. The second-order valence-corrected chi connectivity index (χ2v) is 3.08. The summed E-state index contributed by atoms with van der Waals surface area (Å²) in [5.41, 5.74) is 1.81. The largest absolute Gasteiger partial charge is 0.298 e. The summed E-state index contributed by atoms with van der Waals surface area (Å²) in [5, 5.41) is 0. The summed E-state index contributed by atoms with van der Waals surface area (Å²) in [6, 6.07) is 10.4. The molecule has 0 saturated heterocycles. The Kier molecular flexibility index (Phi) is 2.54. The monoisotopic (exact) mass is 201 g/mol. The Bertz CT molecular complexity index is 482. The van der Waals surface area contributed by atoms with Crippen molar-refractivity contribution in [1.82, 2.24) is 4.98 Å². The van der Waals surface area contributed by atoms with Crippen LogP contribution < -0.4 is 0 Å². The standard InChI is InChI=1S/C12H8FNO/c13-12-6-10(8-15)11(7-14-12)9-4-2-1-3-5-9/h1-8H. The van der Waals surface area contributed by atoms with E-state index in [4.69, 9.17) is 0 Å². The van der Waals surface area contributed by atoms with Gasteiger partial charge in [0.05, 0.1) is 0 Å². The molecule has 0 aliphatic heterocycles. The van der Waals surface area contributed by atoms with Gasteiger partial charge in [0, 0.05) is 23.4 Å². The van der Waals surface area contributed by atoms with Crippen molar-refractivity contribution in [2.75, 3.05) is 0 Å². The molecule has 2 nitrogen and oxygen atoms in total. The molecule has 0 spiro atoms. The highest BCUT2D eigenvalue weighted by Gasteiger charge is 2.05. The topological polar surface area (TPSA) is 30.0 Å². The molecule has 2 aromatic rings. The van der Waals surface area contributed by atoms with Crippen molar-refractivity contribution in [3.63, 3.8) is 0 Å². The highest BCUT2D eigenvalue weighted by Crippen LogP contribution is 2.21. The van der Waals surface area contributed by atoms with Crippen molar-refractivity contribution in [1.29, 1.82) is 0 Å². The van der Waals surface area contributed by atoms with Crippen molar-refractivity contribution in [2.45, 2.75) is 0 Å². The lowest BCUT2D eigenvalue weighted by Crippen LogP contribution is -1.92. The van der Waals surface area contributed by atoms with Crippen LogP contribution in [0.3, 0.4) is 0 Å². The van der Waals surface area contributed by atoms with Gasteiger partial charge in [0.2, 0.25) is 5.95 Å². The Hall–Kier alpha value is -2.03. The van der Waals surface area contributed by atoms with Gasteiger partial charge in [0.15, 0.2) is 6.29 Å². The molecule has 0 amide bonds. The van der Waals surface area contributed by atoms with Crippen LogP contribution in [-0.2, 0) is 0 Å². The first-order chi connectivity index (χ1) is 7.31. The van der Waals surface area contributed by atoms with E-state index in [0.717, 1.165) is 11.6 Å². The number of hydrogen-bond donors (Lipinski definition) is 0. The number of halogens is 1. The minimum absolute atomic E-state index is 0.314. The van der Waals surface area contributed by atoms with Crippen LogP contribution in [0.15, 0.2) is 42.6 Å². The number of nitrogens with zero attached hydrogens (tertiary/aromatic N) is 1. The third-order valence-corrected chi connectivity index (χ3v) is 2.11. The summed E-state index contributed by atoms with van der Waals surface area (Å²) in [5.74, 6) is -0.642. The van der Waals surface area contributed by atoms with Crippen LogP contribution in [0.25, 0.3) is 11.1 Å². The second-order valence-electron chi connectivity index (χ2n) is 3.08. The van der Waals surface area contributed by atoms with Crippen molar-refractivity contribution in [3.05, 3.63) is 54.1 Å². The molecule has 2 rings (SSSR count). The molecule has 0 unspecified atom stereocenters. The van der Waals surface area contributed by atoms with E-state index >= 15 is 0 Å². The molecule has 0 aliphatic carbocycles. The molecule has 1 heterocycles. The van der Waals surface area contributed by atoms with Crippen molar-refractivity contribution < 1.29 is 9.18 Å². The first-order valence-corrected chi connectivity index (χ1v) is 4.47. The van der Waals surface area contributed by atoms with Crippen LogP contribution in [0.4, 0.5) is 4.39 Å². The van der Waals surface area contributed by atoms with Crippen LogP contribution >= 0.6 is 0 Å². The number of aldehydes is 1. The molecule has 0 aliphatic rings. The average molecular weight is 201 g/mol. The molecular weight excluding hydrogens is 193 g/mol. The Morgan fingerprint density at radius 2 is 1.93 bits per heavy atom. The zero-order valence-corrected chi connectivity index (χ0v) is 7.85. The van der Waals surface area contributed by atoms with Gasteiger partial charge in [-0.15, -0.1) is 0 Å². The summed E-state index contributed by atoms with van der Waals surface area (Å²) in [7, 11) is 0. The van der Waals surface area contributed by atoms with Crippen LogP contribution in [0.1, 0.15) is 10.4 Å². The molecule has 3 heteroatoms. The third kappa shape index (κ3) is 1.91. The highest BCUT2D eigenvalue weighted by atomic mass is 19.1. The molecule has 0 N–H and O–H groups in total. The number of hydrogen-bond acceptors (Lipinski definition) is 2. The van der Waals surface area contributed by atoms with Gasteiger partial charge in [-0.25, -0.2) is 4.98 Å². The van der Waals surface area contributed by atoms with Crippen LogP contribution in [0, 0.1) is 5.95 Å². The second kappa shape index (κ2) is 4.00. The van der Waals surface area contributed by atoms with Gasteiger partial charge in [-0.05, 0) is 5.56 Å². The summed E-state index contributed by atoms with van der Waals surface area (Å²) >= 11 is 0. The Balaban J connectivity index is 2.58. The highest BCUT2D eigenvalue weighted by molar-refractivity contribution is 5.86. The summed E-state index contributed by atoms with van der Waals surface area (Å²) < 4.78 is 12.8. The number of carbonyl (C=O) groups is 1. The van der Waals surface area contributed by atoms with Crippen molar-refractivity contribution >= 4 is 6.29 Å². The number of carbonyl (C=O) groups excluding carboxylic acids is 1. The van der Waals surface area contributed by atoms with Gasteiger partial charge in [0.25, 0.3) is 0 Å².